The zero-order valence-electron chi connectivity index (χ0n) is 21.9. The molecular weight excluding hydrogens is 428 g/mol. The smallest absolute Gasteiger partial charge is 0.373 e. The SMILES string of the molecule is CCCCCCCCCCCCCCCCCC(=O)OC(C)(C)COOC(=O)c1ccccc1. The fourth-order valence-corrected chi connectivity index (χ4v) is 3.88. The molecule has 0 aliphatic carbocycles. The molecule has 0 fully saturated rings. The third kappa shape index (κ3) is 16.7. The zero-order valence-corrected chi connectivity index (χ0v) is 21.9. The molecular formula is C29H48O5. The Balaban J connectivity index is 1.94. The normalized spacial score (nSPS) is 11.4. The van der Waals surface area contributed by atoms with E-state index in [4.69, 9.17) is 14.5 Å². The molecule has 0 saturated carbocycles. The Morgan fingerprint density at radius 2 is 1.18 bits per heavy atom. The van der Waals surface area contributed by atoms with Crippen molar-refractivity contribution in [3.8, 4) is 0 Å². The Kier molecular flexibility index (Phi) is 17.2. The second kappa shape index (κ2) is 19.4. The minimum Gasteiger partial charge on any atom is -0.457 e. The first-order valence-electron chi connectivity index (χ1n) is 13.6. The highest BCUT2D eigenvalue weighted by molar-refractivity contribution is 5.88. The second-order valence-electron chi connectivity index (χ2n) is 9.93. The van der Waals surface area contributed by atoms with Crippen LogP contribution in [-0.2, 0) is 19.3 Å². The van der Waals surface area contributed by atoms with E-state index >= 15 is 0 Å². The van der Waals surface area contributed by atoms with E-state index in [1.54, 1.807) is 38.1 Å². The van der Waals surface area contributed by atoms with Crippen molar-refractivity contribution in [2.24, 2.45) is 0 Å². The highest BCUT2D eigenvalue weighted by atomic mass is 17.2. The van der Waals surface area contributed by atoms with Gasteiger partial charge in [-0.15, -0.1) is 0 Å². The van der Waals surface area contributed by atoms with E-state index in [9.17, 15) is 9.59 Å². The lowest BCUT2D eigenvalue weighted by Gasteiger charge is -2.23. The zero-order chi connectivity index (χ0) is 24.9. The molecule has 0 bridgehead atoms. The summed E-state index contributed by atoms with van der Waals surface area (Å²) in [7, 11) is 0. The number of unbranched alkanes of at least 4 members (excludes halogenated alkanes) is 14. The second-order valence-corrected chi connectivity index (χ2v) is 9.93. The van der Waals surface area contributed by atoms with E-state index in [1.165, 1.54) is 83.5 Å². The van der Waals surface area contributed by atoms with Crippen LogP contribution in [0.3, 0.4) is 0 Å². The monoisotopic (exact) mass is 476 g/mol. The molecule has 1 aromatic rings. The number of carbonyl (C=O) groups is 2. The molecule has 0 aromatic heterocycles. The van der Waals surface area contributed by atoms with Crippen LogP contribution in [0.5, 0.6) is 0 Å². The van der Waals surface area contributed by atoms with Crippen molar-refractivity contribution in [3.63, 3.8) is 0 Å². The summed E-state index contributed by atoms with van der Waals surface area (Å²) < 4.78 is 5.49. The van der Waals surface area contributed by atoms with Crippen molar-refractivity contribution in [2.45, 2.75) is 129 Å². The topological polar surface area (TPSA) is 61.8 Å². The first kappa shape index (κ1) is 30.2. The van der Waals surface area contributed by atoms with Gasteiger partial charge in [0.05, 0.1) is 5.56 Å². The van der Waals surface area contributed by atoms with Crippen LogP contribution in [0, 0.1) is 0 Å². The average Bonchev–Trinajstić information content (AvgIpc) is 2.81. The van der Waals surface area contributed by atoms with Gasteiger partial charge in [0, 0.05) is 6.42 Å². The van der Waals surface area contributed by atoms with Gasteiger partial charge in [0.2, 0.25) is 0 Å². The molecule has 0 spiro atoms. The van der Waals surface area contributed by atoms with Crippen LogP contribution in [0.15, 0.2) is 30.3 Å². The fraction of sp³-hybridized carbons (Fsp3) is 0.724. The van der Waals surface area contributed by atoms with Gasteiger partial charge in [-0.3, -0.25) is 9.68 Å². The molecule has 0 heterocycles. The number of benzene rings is 1. The molecule has 0 N–H and O–H groups in total. The third-order valence-electron chi connectivity index (χ3n) is 5.93. The standard InChI is InChI=1S/C29H48O5/c1-4-5-6-7-8-9-10-11-12-13-14-15-16-17-21-24-27(30)33-29(2,3)25-32-34-28(31)26-22-19-18-20-23-26/h18-20,22-23H,4-17,21,24-25H2,1-3H3. The molecule has 194 valence electrons. The van der Waals surface area contributed by atoms with Gasteiger partial charge in [-0.25, -0.2) is 4.79 Å². The van der Waals surface area contributed by atoms with Crippen molar-refractivity contribution in [3.05, 3.63) is 35.9 Å². The van der Waals surface area contributed by atoms with E-state index in [0.29, 0.717) is 12.0 Å². The first-order valence-corrected chi connectivity index (χ1v) is 13.6. The van der Waals surface area contributed by atoms with Gasteiger partial charge < -0.3 is 4.74 Å². The van der Waals surface area contributed by atoms with Gasteiger partial charge in [-0.1, -0.05) is 115 Å². The molecule has 0 unspecified atom stereocenters. The van der Waals surface area contributed by atoms with Crippen LogP contribution in [0.25, 0.3) is 0 Å². The molecule has 5 heteroatoms. The van der Waals surface area contributed by atoms with Gasteiger partial charge >= 0.3 is 11.9 Å². The number of carbonyl (C=O) groups excluding carboxylic acids is 2. The molecule has 0 atom stereocenters. The number of rotatable bonds is 21. The van der Waals surface area contributed by atoms with Crippen LogP contribution in [0.1, 0.15) is 134 Å². The molecule has 0 amide bonds. The number of hydrogen-bond acceptors (Lipinski definition) is 5. The van der Waals surface area contributed by atoms with Gasteiger partial charge in [-0.05, 0) is 32.4 Å². The first-order chi connectivity index (χ1) is 16.4. The van der Waals surface area contributed by atoms with Crippen molar-refractivity contribution in [1.29, 1.82) is 0 Å². The summed E-state index contributed by atoms with van der Waals surface area (Å²) >= 11 is 0. The Morgan fingerprint density at radius 3 is 1.68 bits per heavy atom. The largest absolute Gasteiger partial charge is 0.457 e. The summed E-state index contributed by atoms with van der Waals surface area (Å²) in [5, 5.41) is 0. The quantitative estimate of drug-likeness (QED) is 0.0772. The van der Waals surface area contributed by atoms with Crippen LogP contribution >= 0.6 is 0 Å². The molecule has 0 aliphatic heterocycles. The Hall–Kier alpha value is -1.88. The summed E-state index contributed by atoms with van der Waals surface area (Å²) in [6, 6.07) is 8.61. The maximum atomic E-state index is 12.1. The van der Waals surface area contributed by atoms with Crippen molar-refractivity contribution >= 4 is 11.9 Å². The summed E-state index contributed by atoms with van der Waals surface area (Å²) in [6.07, 6.45) is 19.9. The van der Waals surface area contributed by atoms with Crippen LogP contribution < -0.4 is 0 Å². The van der Waals surface area contributed by atoms with E-state index in [0.717, 1.165) is 12.8 Å². The predicted molar refractivity (Wildman–Crippen MR) is 138 cm³/mol. The van der Waals surface area contributed by atoms with Crippen LogP contribution in [0.2, 0.25) is 0 Å². The summed E-state index contributed by atoms with van der Waals surface area (Å²) in [6.45, 7) is 5.74. The van der Waals surface area contributed by atoms with E-state index in [-0.39, 0.29) is 12.6 Å². The van der Waals surface area contributed by atoms with Crippen molar-refractivity contribution in [2.75, 3.05) is 6.61 Å². The maximum absolute atomic E-state index is 12.1. The van der Waals surface area contributed by atoms with Crippen LogP contribution in [0.4, 0.5) is 0 Å². The number of hydrogen-bond donors (Lipinski definition) is 0. The van der Waals surface area contributed by atoms with E-state index in [1.807, 2.05) is 6.07 Å². The molecule has 0 radical (unpaired) electrons. The van der Waals surface area contributed by atoms with Crippen molar-refractivity contribution in [1.82, 2.24) is 0 Å². The number of ether oxygens (including phenoxy) is 1. The highest BCUT2D eigenvalue weighted by Crippen LogP contribution is 2.16. The third-order valence-corrected chi connectivity index (χ3v) is 5.93. The molecule has 34 heavy (non-hydrogen) atoms. The Morgan fingerprint density at radius 1 is 0.706 bits per heavy atom. The fourth-order valence-electron chi connectivity index (χ4n) is 3.88. The molecule has 0 saturated heterocycles. The summed E-state index contributed by atoms with van der Waals surface area (Å²) in [5.41, 5.74) is -0.450. The Bertz CT molecular complexity index is 641. The van der Waals surface area contributed by atoms with E-state index in [2.05, 4.69) is 6.92 Å². The molecule has 5 nitrogen and oxygen atoms in total. The molecule has 0 aliphatic rings. The van der Waals surface area contributed by atoms with Gasteiger partial charge in [0.25, 0.3) is 0 Å². The van der Waals surface area contributed by atoms with Crippen molar-refractivity contribution < 1.29 is 24.1 Å². The lowest BCUT2D eigenvalue weighted by Crippen LogP contribution is -2.33. The lowest BCUT2D eigenvalue weighted by molar-refractivity contribution is -0.267. The number of esters is 1. The average molecular weight is 477 g/mol. The van der Waals surface area contributed by atoms with Gasteiger partial charge in [0.15, 0.2) is 0 Å². The minimum atomic E-state index is -0.858. The van der Waals surface area contributed by atoms with Gasteiger partial charge in [0.1, 0.15) is 12.2 Å². The molecule has 1 rings (SSSR count). The highest BCUT2D eigenvalue weighted by Gasteiger charge is 2.24. The molecule has 1 aromatic carbocycles. The maximum Gasteiger partial charge on any atom is 0.373 e. The van der Waals surface area contributed by atoms with E-state index < -0.39 is 11.6 Å². The minimum absolute atomic E-state index is 0.0177. The Labute approximate surface area is 207 Å². The lowest BCUT2D eigenvalue weighted by atomic mass is 10.0. The summed E-state index contributed by atoms with van der Waals surface area (Å²) in [4.78, 5) is 33.8. The van der Waals surface area contributed by atoms with Crippen LogP contribution in [-0.4, -0.2) is 24.1 Å². The summed E-state index contributed by atoms with van der Waals surface area (Å²) in [5.74, 6) is -0.807. The van der Waals surface area contributed by atoms with Gasteiger partial charge in [-0.2, -0.15) is 4.89 Å². The predicted octanol–water partition coefficient (Wildman–Crippen LogP) is 8.36.